The maximum atomic E-state index is 6.06. The second kappa shape index (κ2) is 8.04. The third kappa shape index (κ3) is 3.54. The van der Waals surface area contributed by atoms with Crippen LogP contribution in [0.2, 0.25) is 5.02 Å². The molecule has 1 N–H and O–H groups in total. The first-order chi connectivity index (χ1) is 16.1. The van der Waals surface area contributed by atoms with Crippen molar-refractivity contribution in [3.63, 3.8) is 0 Å². The molecule has 2 aromatic heterocycles. The van der Waals surface area contributed by atoms with Crippen molar-refractivity contribution in [2.45, 2.75) is 24.8 Å². The Morgan fingerprint density at radius 2 is 1.88 bits per heavy atom. The molecule has 0 radical (unpaired) electrons. The first-order valence-electron chi connectivity index (χ1n) is 11.4. The van der Waals surface area contributed by atoms with Gasteiger partial charge in [-0.1, -0.05) is 23.7 Å². The number of methoxy groups -OCH3 is 1. The first kappa shape index (κ1) is 20.5. The number of hydrogen-bond donors (Lipinski definition) is 1. The van der Waals surface area contributed by atoms with Crippen molar-refractivity contribution in [3.8, 4) is 5.75 Å². The highest BCUT2D eigenvalue weighted by atomic mass is 35.5. The number of piperidine rings is 1. The van der Waals surface area contributed by atoms with Crippen molar-refractivity contribution < 1.29 is 4.74 Å². The molecule has 0 amide bonds. The quantitative estimate of drug-likeness (QED) is 0.448. The second-order valence-electron chi connectivity index (χ2n) is 9.09. The molecule has 33 heavy (non-hydrogen) atoms. The normalized spacial score (nSPS) is 17.6. The minimum atomic E-state index is 0.0773. The Morgan fingerprint density at radius 1 is 1.06 bits per heavy atom. The summed E-state index contributed by atoms with van der Waals surface area (Å²) < 4.78 is 5.61. The maximum absolute atomic E-state index is 6.06. The van der Waals surface area contributed by atoms with E-state index in [4.69, 9.17) is 21.3 Å². The molecule has 2 aliphatic heterocycles. The summed E-state index contributed by atoms with van der Waals surface area (Å²) in [5.41, 5.74) is 4.85. The number of H-pyrrole nitrogens is 1. The number of ether oxygens (including phenoxy) is 1. The van der Waals surface area contributed by atoms with Gasteiger partial charge in [0.1, 0.15) is 23.5 Å². The van der Waals surface area contributed by atoms with Crippen molar-refractivity contribution in [3.05, 3.63) is 77.2 Å². The van der Waals surface area contributed by atoms with E-state index in [-0.39, 0.29) is 5.41 Å². The molecule has 0 aliphatic carbocycles. The highest BCUT2D eigenvalue weighted by molar-refractivity contribution is 6.30. The van der Waals surface area contributed by atoms with Gasteiger partial charge in [0, 0.05) is 35.4 Å². The van der Waals surface area contributed by atoms with Gasteiger partial charge in [-0.05, 0) is 73.5 Å². The van der Waals surface area contributed by atoms with Crippen molar-refractivity contribution >= 4 is 34.1 Å². The minimum absolute atomic E-state index is 0.0773. The summed E-state index contributed by atoms with van der Waals surface area (Å²) in [7, 11) is 1.74. The summed E-state index contributed by atoms with van der Waals surface area (Å²) in [5, 5.41) is 1.84. The summed E-state index contributed by atoms with van der Waals surface area (Å²) in [6.07, 6.45) is 5.77. The number of aromatic amines is 1. The number of likely N-dealkylation sites (tertiary alicyclic amines) is 1. The number of nitrogens with one attached hydrogen (secondary N) is 1. The van der Waals surface area contributed by atoms with E-state index in [2.05, 4.69) is 56.2 Å². The Morgan fingerprint density at radius 3 is 2.67 bits per heavy atom. The van der Waals surface area contributed by atoms with Crippen LogP contribution < -0.4 is 9.64 Å². The zero-order chi connectivity index (χ0) is 22.4. The molecule has 0 atom stereocenters. The molecule has 1 saturated heterocycles. The number of halogens is 1. The van der Waals surface area contributed by atoms with E-state index in [0.717, 1.165) is 66.6 Å². The Balaban J connectivity index is 1.31. The predicted molar refractivity (Wildman–Crippen MR) is 132 cm³/mol. The van der Waals surface area contributed by atoms with Crippen LogP contribution in [0.1, 0.15) is 24.0 Å². The van der Waals surface area contributed by atoms with Crippen LogP contribution in [0.4, 0.5) is 11.5 Å². The summed E-state index contributed by atoms with van der Waals surface area (Å²) in [5.74, 6) is 1.88. The molecule has 4 aromatic rings. The maximum Gasteiger partial charge on any atom is 0.145 e. The van der Waals surface area contributed by atoms with Crippen molar-refractivity contribution in [2.24, 2.45) is 0 Å². The Labute approximate surface area is 198 Å². The average molecular weight is 460 g/mol. The molecule has 2 aromatic carbocycles. The van der Waals surface area contributed by atoms with E-state index in [9.17, 15) is 0 Å². The van der Waals surface area contributed by atoms with Crippen molar-refractivity contribution in [2.75, 3.05) is 31.6 Å². The molecule has 2 aliphatic rings. The Bertz CT molecular complexity index is 1290. The van der Waals surface area contributed by atoms with Gasteiger partial charge in [0.2, 0.25) is 0 Å². The first-order valence-corrected chi connectivity index (χ1v) is 11.7. The van der Waals surface area contributed by atoms with Gasteiger partial charge >= 0.3 is 0 Å². The predicted octanol–water partition coefficient (Wildman–Crippen LogP) is 5.31. The summed E-state index contributed by atoms with van der Waals surface area (Å²) in [6, 6.07) is 16.7. The molecule has 0 unspecified atom stereocenters. The van der Waals surface area contributed by atoms with Crippen LogP contribution in [0.5, 0.6) is 5.75 Å². The molecule has 7 heteroatoms. The number of aromatic nitrogens is 3. The third-order valence-electron chi connectivity index (χ3n) is 7.25. The Kier molecular flexibility index (Phi) is 5.00. The monoisotopic (exact) mass is 459 g/mol. The number of nitrogens with zero attached hydrogens (tertiary/aromatic N) is 4. The molecule has 168 valence electrons. The average Bonchev–Trinajstić information content (AvgIpc) is 3.45. The summed E-state index contributed by atoms with van der Waals surface area (Å²) in [4.78, 5) is 17.2. The summed E-state index contributed by atoms with van der Waals surface area (Å²) in [6.45, 7) is 3.98. The van der Waals surface area contributed by atoms with Gasteiger partial charge in [-0.3, -0.25) is 4.90 Å². The van der Waals surface area contributed by atoms with Crippen LogP contribution in [0.3, 0.4) is 0 Å². The summed E-state index contributed by atoms with van der Waals surface area (Å²) >= 11 is 6.06. The fourth-order valence-corrected chi connectivity index (χ4v) is 5.58. The number of anilines is 2. The number of fused-ring (bicyclic) bond motifs is 3. The Hall–Kier alpha value is -3.09. The van der Waals surface area contributed by atoms with Gasteiger partial charge in [-0.2, -0.15) is 0 Å². The van der Waals surface area contributed by atoms with Gasteiger partial charge in [0.25, 0.3) is 0 Å². The van der Waals surface area contributed by atoms with Gasteiger partial charge in [0.15, 0.2) is 0 Å². The molecule has 0 bridgehead atoms. The zero-order valence-electron chi connectivity index (χ0n) is 18.6. The van der Waals surface area contributed by atoms with Crippen LogP contribution in [-0.4, -0.2) is 46.6 Å². The fraction of sp³-hybridized carbons (Fsp3) is 0.308. The van der Waals surface area contributed by atoms with E-state index in [1.165, 1.54) is 16.8 Å². The highest BCUT2D eigenvalue weighted by Gasteiger charge is 2.46. The van der Waals surface area contributed by atoms with E-state index in [0.29, 0.717) is 0 Å². The largest absolute Gasteiger partial charge is 0.497 e. The topological polar surface area (TPSA) is 57.3 Å². The van der Waals surface area contributed by atoms with Crippen molar-refractivity contribution in [1.29, 1.82) is 0 Å². The van der Waals surface area contributed by atoms with E-state index in [1.54, 1.807) is 13.4 Å². The minimum Gasteiger partial charge on any atom is -0.497 e. The van der Waals surface area contributed by atoms with Crippen LogP contribution in [0.15, 0.2) is 61.1 Å². The fourth-order valence-electron chi connectivity index (χ4n) is 5.45. The number of benzene rings is 2. The number of rotatable bonds is 4. The molecule has 6 nitrogen and oxygen atoms in total. The molecule has 4 heterocycles. The smallest absolute Gasteiger partial charge is 0.145 e. The molecule has 1 fully saturated rings. The van der Waals surface area contributed by atoms with E-state index < -0.39 is 0 Å². The molecular weight excluding hydrogens is 434 g/mol. The third-order valence-corrected chi connectivity index (χ3v) is 7.50. The molecule has 6 rings (SSSR count). The van der Waals surface area contributed by atoms with Crippen LogP contribution >= 0.6 is 11.6 Å². The lowest BCUT2D eigenvalue weighted by Crippen LogP contribution is -2.44. The second-order valence-corrected chi connectivity index (χ2v) is 9.53. The highest BCUT2D eigenvalue weighted by Crippen LogP contribution is 2.51. The lowest BCUT2D eigenvalue weighted by atomic mass is 9.74. The molecule has 1 spiro atoms. The van der Waals surface area contributed by atoms with Crippen LogP contribution in [0, 0.1) is 0 Å². The van der Waals surface area contributed by atoms with E-state index >= 15 is 0 Å². The van der Waals surface area contributed by atoms with Gasteiger partial charge in [0.05, 0.1) is 12.5 Å². The lowest BCUT2D eigenvalue weighted by molar-refractivity contribution is 0.160. The molecule has 0 saturated carbocycles. The van der Waals surface area contributed by atoms with Crippen LogP contribution in [0.25, 0.3) is 11.0 Å². The van der Waals surface area contributed by atoms with Gasteiger partial charge in [-0.25, -0.2) is 9.97 Å². The van der Waals surface area contributed by atoms with Gasteiger partial charge < -0.3 is 14.6 Å². The SMILES string of the molecule is COc1ccc2c(c1)C1(CCN(Cc3ccc(Cl)cc3)CC1)CN2c1ncnc2[nH]ccc12. The van der Waals surface area contributed by atoms with E-state index in [1.807, 2.05) is 18.3 Å². The van der Waals surface area contributed by atoms with Crippen molar-refractivity contribution in [1.82, 2.24) is 19.9 Å². The van der Waals surface area contributed by atoms with Crippen LogP contribution in [-0.2, 0) is 12.0 Å². The lowest BCUT2D eigenvalue weighted by Gasteiger charge is -2.40. The molecular formula is C26H26ClN5O. The number of hydrogen-bond acceptors (Lipinski definition) is 5. The van der Waals surface area contributed by atoms with Gasteiger partial charge in [-0.15, -0.1) is 0 Å². The zero-order valence-corrected chi connectivity index (χ0v) is 19.3. The standard InChI is InChI=1S/C26H26ClN5O/c1-33-20-6-7-23-22(14-20)26(16-32(23)25-21-8-11-28-24(21)29-17-30-25)9-12-31(13-10-26)15-18-2-4-19(27)5-3-18/h2-8,11,14,17H,9-10,12-13,15-16H2,1H3,(H,28,29,30).